The van der Waals surface area contributed by atoms with Gasteiger partial charge in [-0.3, -0.25) is 9.59 Å². The lowest BCUT2D eigenvalue weighted by Crippen LogP contribution is -2.25. The Morgan fingerprint density at radius 2 is 1.81 bits per heavy atom. The maximum Gasteiger partial charge on any atom is 0.237 e. The number of benzene rings is 2. The molecule has 1 unspecified atom stereocenters. The third kappa shape index (κ3) is 5.63. The van der Waals surface area contributed by atoms with Crippen LogP contribution in [-0.4, -0.2) is 22.8 Å². The van der Waals surface area contributed by atoms with Crippen molar-refractivity contribution >= 4 is 35.0 Å². The number of rotatable bonds is 7. The first-order valence-electron chi connectivity index (χ1n) is 8.78. The van der Waals surface area contributed by atoms with Gasteiger partial charge in [0.1, 0.15) is 0 Å². The van der Waals surface area contributed by atoms with Crippen LogP contribution >= 0.6 is 11.8 Å². The molecule has 2 aromatic rings. The summed E-state index contributed by atoms with van der Waals surface area (Å²) in [4.78, 5) is 24.6. The van der Waals surface area contributed by atoms with Gasteiger partial charge in [-0.2, -0.15) is 0 Å². The predicted molar refractivity (Wildman–Crippen MR) is 111 cm³/mol. The van der Waals surface area contributed by atoms with Crippen LogP contribution in [0, 0.1) is 13.8 Å². The van der Waals surface area contributed by atoms with Crippen molar-refractivity contribution in [1.82, 2.24) is 0 Å². The fourth-order valence-electron chi connectivity index (χ4n) is 2.62. The van der Waals surface area contributed by atoms with Crippen LogP contribution in [0.1, 0.15) is 30.5 Å². The minimum atomic E-state index is -0.317. The third-order valence-corrected chi connectivity index (χ3v) is 5.27. The minimum absolute atomic E-state index is 0.0812. The van der Waals surface area contributed by atoms with Gasteiger partial charge in [0.05, 0.1) is 11.0 Å². The highest BCUT2D eigenvalue weighted by molar-refractivity contribution is 8.01. The number of anilines is 2. The summed E-state index contributed by atoms with van der Waals surface area (Å²) < 4.78 is 0. The summed E-state index contributed by atoms with van der Waals surface area (Å²) in [5.74, 6) is 0.0458. The van der Waals surface area contributed by atoms with E-state index in [0.717, 1.165) is 34.5 Å². The molecule has 0 aromatic heterocycles. The van der Waals surface area contributed by atoms with Crippen LogP contribution in [0.15, 0.2) is 42.5 Å². The lowest BCUT2D eigenvalue weighted by molar-refractivity contribution is -0.115. The van der Waals surface area contributed by atoms with E-state index in [1.165, 1.54) is 11.8 Å². The molecule has 0 fully saturated rings. The molecule has 0 bridgehead atoms. The normalized spacial score (nSPS) is 11.7. The molecule has 0 heterocycles. The number of carbonyl (C=O) groups excluding carboxylic acids is 2. The molecule has 0 saturated carbocycles. The molecule has 2 rings (SSSR count). The summed E-state index contributed by atoms with van der Waals surface area (Å²) in [5.41, 5.74) is 4.92. The zero-order valence-corrected chi connectivity index (χ0v) is 16.6. The van der Waals surface area contributed by atoms with Crippen molar-refractivity contribution in [2.24, 2.45) is 0 Å². The Labute approximate surface area is 159 Å². The Morgan fingerprint density at radius 3 is 2.50 bits per heavy atom. The quantitative estimate of drug-likeness (QED) is 0.751. The number of para-hydroxylation sites is 1. The summed E-state index contributed by atoms with van der Waals surface area (Å²) in [5, 5.41) is 5.56. The van der Waals surface area contributed by atoms with Crippen molar-refractivity contribution in [1.29, 1.82) is 0 Å². The van der Waals surface area contributed by atoms with Gasteiger partial charge in [-0.15, -0.1) is 11.8 Å². The first-order valence-corrected chi connectivity index (χ1v) is 9.83. The molecule has 0 radical (unpaired) electrons. The molecule has 5 heteroatoms. The lowest BCUT2D eigenvalue weighted by Gasteiger charge is -2.16. The number of aryl methyl sites for hydroxylation is 3. The highest BCUT2D eigenvalue weighted by Gasteiger charge is 2.17. The summed E-state index contributed by atoms with van der Waals surface area (Å²) in [6.45, 7) is 7.86. The van der Waals surface area contributed by atoms with Crippen molar-refractivity contribution in [2.75, 3.05) is 16.4 Å². The van der Waals surface area contributed by atoms with Crippen LogP contribution in [0.4, 0.5) is 11.4 Å². The molecule has 2 amide bonds. The molecule has 138 valence electrons. The largest absolute Gasteiger partial charge is 0.325 e. The lowest BCUT2D eigenvalue weighted by atomic mass is 10.1. The molecule has 0 spiro atoms. The molecule has 26 heavy (non-hydrogen) atoms. The number of thioether (sulfide) groups is 1. The first kappa shape index (κ1) is 20.0. The molecular formula is C21H26N2O2S. The molecule has 0 aliphatic heterocycles. The van der Waals surface area contributed by atoms with Gasteiger partial charge in [-0.1, -0.05) is 37.3 Å². The van der Waals surface area contributed by atoms with Crippen molar-refractivity contribution in [2.45, 2.75) is 39.4 Å². The van der Waals surface area contributed by atoms with E-state index in [2.05, 4.69) is 17.6 Å². The molecule has 0 aliphatic rings. The third-order valence-electron chi connectivity index (χ3n) is 4.12. The van der Waals surface area contributed by atoms with Crippen LogP contribution in [0.2, 0.25) is 0 Å². The maximum atomic E-state index is 12.5. The Bertz CT molecular complexity index is 789. The van der Waals surface area contributed by atoms with Gasteiger partial charge in [0, 0.05) is 11.4 Å². The number of nitrogens with one attached hydrogen (secondary N) is 2. The SMILES string of the molecule is CCc1cccc(C)c1NC(=O)C(C)SCC(=O)Nc1cccc(C)c1. The standard InChI is InChI=1S/C21H26N2O2S/c1-5-17-10-7-9-15(3)20(17)23-21(25)16(4)26-13-19(24)22-18-11-6-8-14(2)12-18/h6-12,16H,5,13H2,1-4H3,(H,22,24)(H,23,25). The second-order valence-corrected chi connectivity index (χ2v) is 7.65. The molecule has 2 aromatic carbocycles. The zero-order valence-electron chi connectivity index (χ0n) is 15.8. The smallest absolute Gasteiger partial charge is 0.237 e. The molecular weight excluding hydrogens is 344 g/mol. The highest BCUT2D eigenvalue weighted by Crippen LogP contribution is 2.23. The molecule has 0 aliphatic carbocycles. The summed E-state index contributed by atoms with van der Waals surface area (Å²) >= 11 is 1.33. The topological polar surface area (TPSA) is 58.2 Å². The zero-order chi connectivity index (χ0) is 19.1. The van der Waals surface area contributed by atoms with Crippen molar-refractivity contribution < 1.29 is 9.59 Å². The Kier molecular flexibility index (Phi) is 7.27. The van der Waals surface area contributed by atoms with Gasteiger partial charge in [0.25, 0.3) is 0 Å². The first-order chi connectivity index (χ1) is 12.4. The summed E-state index contributed by atoms with van der Waals surface area (Å²) in [7, 11) is 0. The van der Waals surface area contributed by atoms with Crippen molar-refractivity contribution in [3.8, 4) is 0 Å². The molecule has 1 atom stereocenters. The van der Waals surface area contributed by atoms with E-state index in [0.29, 0.717) is 0 Å². The van der Waals surface area contributed by atoms with Crippen LogP contribution in [0.5, 0.6) is 0 Å². The van der Waals surface area contributed by atoms with Gasteiger partial charge in [-0.25, -0.2) is 0 Å². The number of amides is 2. The second-order valence-electron chi connectivity index (χ2n) is 6.32. The predicted octanol–water partition coefficient (Wildman–Crippen LogP) is 4.56. The average molecular weight is 371 g/mol. The fraction of sp³-hybridized carbons (Fsp3) is 0.333. The molecule has 2 N–H and O–H groups in total. The van der Waals surface area contributed by atoms with Crippen LogP contribution in [0.25, 0.3) is 0 Å². The number of hydrogen-bond donors (Lipinski definition) is 2. The monoisotopic (exact) mass is 370 g/mol. The van der Waals surface area contributed by atoms with E-state index in [1.54, 1.807) is 0 Å². The molecule has 4 nitrogen and oxygen atoms in total. The highest BCUT2D eigenvalue weighted by atomic mass is 32.2. The van der Waals surface area contributed by atoms with Gasteiger partial charge in [0.15, 0.2) is 0 Å². The van der Waals surface area contributed by atoms with Crippen LogP contribution in [-0.2, 0) is 16.0 Å². The van der Waals surface area contributed by atoms with Gasteiger partial charge in [-0.05, 0) is 56.0 Å². The summed E-state index contributed by atoms with van der Waals surface area (Å²) in [6.07, 6.45) is 0.859. The van der Waals surface area contributed by atoms with E-state index in [-0.39, 0.29) is 22.8 Å². The number of hydrogen-bond acceptors (Lipinski definition) is 3. The van der Waals surface area contributed by atoms with E-state index < -0.39 is 0 Å². The Morgan fingerprint density at radius 1 is 1.08 bits per heavy atom. The maximum absolute atomic E-state index is 12.5. The van der Waals surface area contributed by atoms with E-state index in [4.69, 9.17) is 0 Å². The van der Waals surface area contributed by atoms with E-state index in [9.17, 15) is 9.59 Å². The van der Waals surface area contributed by atoms with Gasteiger partial charge >= 0.3 is 0 Å². The van der Waals surface area contributed by atoms with Gasteiger partial charge < -0.3 is 10.6 Å². The Hall–Kier alpha value is -2.27. The van der Waals surface area contributed by atoms with E-state index in [1.807, 2.05) is 63.2 Å². The fourth-order valence-corrected chi connectivity index (χ4v) is 3.31. The molecule has 0 saturated heterocycles. The van der Waals surface area contributed by atoms with Gasteiger partial charge in [0.2, 0.25) is 11.8 Å². The number of carbonyl (C=O) groups is 2. The van der Waals surface area contributed by atoms with Crippen LogP contribution in [0.3, 0.4) is 0 Å². The van der Waals surface area contributed by atoms with Crippen molar-refractivity contribution in [3.05, 3.63) is 59.2 Å². The average Bonchev–Trinajstić information content (AvgIpc) is 2.61. The van der Waals surface area contributed by atoms with E-state index >= 15 is 0 Å². The summed E-state index contributed by atoms with van der Waals surface area (Å²) in [6, 6.07) is 13.7. The second kappa shape index (κ2) is 9.43. The van der Waals surface area contributed by atoms with Crippen LogP contribution < -0.4 is 10.6 Å². The Balaban J connectivity index is 1.88. The minimum Gasteiger partial charge on any atom is -0.325 e. The van der Waals surface area contributed by atoms with Crippen molar-refractivity contribution in [3.63, 3.8) is 0 Å².